The first-order chi connectivity index (χ1) is 12.9. The highest BCUT2D eigenvalue weighted by molar-refractivity contribution is 7.89. The minimum atomic E-state index is -3.60. The highest BCUT2D eigenvalue weighted by atomic mass is 35.5. The van der Waals surface area contributed by atoms with Crippen molar-refractivity contribution in [3.05, 3.63) is 65.2 Å². The highest BCUT2D eigenvalue weighted by Crippen LogP contribution is 2.23. The maximum atomic E-state index is 12.9. The predicted molar refractivity (Wildman–Crippen MR) is 109 cm³/mol. The molecular formula is C19H18Cl2N2O3S. The van der Waals surface area contributed by atoms with Gasteiger partial charge in [-0.1, -0.05) is 29.8 Å². The quantitative estimate of drug-likeness (QED) is 0.542. The number of anilines is 1. The molecule has 3 rings (SSSR count). The van der Waals surface area contributed by atoms with Crippen LogP contribution in [0.4, 0.5) is 5.69 Å². The number of piperazine rings is 1. The fourth-order valence-electron chi connectivity index (χ4n) is 2.93. The van der Waals surface area contributed by atoms with Crippen molar-refractivity contribution in [1.82, 2.24) is 4.31 Å². The molecule has 1 heterocycles. The molecule has 5 nitrogen and oxygen atoms in total. The third kappa shape index (κ3) is 4.90. The molecule has 0 bridgehead atoms. The monoisotopic (exact) mass is 424 g/mol. The van der Waals surface area contributed by atoms with Crippen molar-refractivity contribution in [2.75, 3.05) is 31.1 Å². The Balaban J connectivity index is 1.72. The number of rotatable bonds is 5. The number of sulfonamides is 1. The zero-order valence-electron chi connectivity index (χ0n) is 14.4. The number of hydrogen-bond donors (Lipinski definition) is 0. The second-order valence-electron chi connectivity index (χ2n) is 6.08. The van der Waals surface area contributed by atoms with Crippen LogP contribution in [0.5, 0.6) is 0 Å². The number of hydrogen-bond acceptors (Lipinski definition) is 4. The Morgan fingerprint density at radius 1 is 1.00 bits per heavy atom. The Morgan fingerprint density at radius 3 is 2.30 bits per heavy atom. The Labute approximate surface area is 168 Å². The van der Waals surface area contributed by atoms with E-state index < -0.39 is 15.3 Å². The summed E-state index contributed by atoms with van der Waals surface area (Å²) in [4.78, 5) is 13.2. The largest absolute Gasteiger partial charge is 0.369 e. The fraction of sp³-hybridized carbons (Fsp3) is 0.211. The summed E-state index contributed by atoms with van der Waals surface area (Å²) < 4.78 is 27.4. The second kappa shape index (κ2) is 8.44. The molecule has 0 unspecified atom stereocenters. The molecule has 1 aliphatic heterocycles. The SMILES string of the molecule is O=C(Cl)C=Cc1cccc(S(=O)(=O)N2CCN(c3ccc(Cl)cc3)CC2)c1. The summed E-state index contributed by atoms with van der Waals surface area (Å²) in [6.45, 7) is 1.98. The molecule has 0 aliphatic carbocycles. The lowest BCUT2D eigenvalue weighted by Crippen LogP contribution is -2.48. The molecule has 1 saturated heterocycles. The van der Waals surface area contributed by atoms with Crippen LogP contribution in [0.15, 0.2) is 59.5 Å². The summed E-state index contributed by atoms with van der Waals surface area (Å²) in [5, 5.41) is 0.0614. The summed E-state index contributed by atoms with van der Waals surface area (Å²) in [7, 11) is -3.60. The van der Waals surface area contributed by atoms with Crippen molar-refractivity contribution in [2.24, 2.45) is 0 Å². The van der Waals surface area contributed by atoms with Gasteiger partial charge in [0.1, 0.15) is 0 Å². The first-order valence-electron chi connectivity index (χ1n) is 8.34. The third-order valence-corrected chi connectivity index (χ3v) is 6.61. The normalized spacial score (nSPS) is 16.0. The van der Waals surface area contributed by atoms with Gasteiger partial charge in [-0.05, 0) is 59.6 Å². The average Bonchev–Trinajstić information content (AvgIpc) is 2.67. The van der Waals surface area contributed by atoms with Crippen LogP contribution in [0.2, 0.25) is 5.02 Å². The Bertz CT molecular complexity index is 951. The van der Waals surface area contributed by atoms with E-state index in [4.69, 9.17) is 23.2 Å². The van der Waals surface area contributed by atoms with E-state index >= 15 is 0 Å². The van der Waals surface area contributed by atoms with Crippen LogP contribution >= 0.6 is 23.2 Å². The number of carbonyl (C=O) groups is 1. The molecule has 0 N–H and O–H groups in total. The molecule has 0 aromatic heterocycles. The van der Waals surface area contributed by atoms with Crippen molar-refractivity contribution in [3.8, 4) is 0 Å². The molecular weight excluding hydrogens is 407 g/mol. The molecule has 27 heavy (non-hydrogen) atoms. The molecule has 0 saturated carbocycles. The van der Waals surface area contributed by atoms with Gasteiger partial charge in [0.15, 0.2) is 0 Å². The van der Waals surface area contributed by atoms with Crippen molar-refractivity contribution in [2.45, 2.75) is 4.90 Å². The minimum Gasteiger partial charge on any atom is -0.369 e. The predicted octanol–water partition coefficient (Wildman–Crippen LogP) is 3.63. The van der Waals surface area contributed by atoms with Gasteiger partial charge in [0.2, 0.25) is 15.3 Å². The van der Waals surface area contributed by atoms with Crippen LogP contribution in [0.25, 0.3) is 6.08 Å². The van der Waals surface area contributed by atoms with Crippen LogP contribution in [0, 0.1) is 0 Å². The van der Waals surface area contributed by atoms with E-state index in [0.29, 0.717) is 36.8 Å². The molecule has 1 aliphatic rings. The van der Waals surface area contributed by atoms with Crippen LogP contribution in [-0.2, 0) is 14.8 Å². The second-order valence-corrected chi connectivity index (χ2v) is 8.82. The van der Waals surface area contributed by atoms with Gasteiger partial charge in [-0.3, -0.25) is 4.79 Å². The van der Waals surface area contributed by atoms with Gasteiger partial charge >= 0.3 is 0 Å². The molecule has 0 radical (unpaired) electrons. The lowest BCUT2D eigenvalue weighted by molar-refractivity contribution is -0.107. The van der Waals surface area contributed by atoms with Crippen molar-refractivity contribution < 1.29 is 13.2 Å². The van der Waals surface area contributed by atoms with E-state index in [2.05, 4.69) is 4.90 Å². The van der Waals surface area contributed by atoms with E-state index in [-0.39, 0.29) is 4.90 Å². The average molecular weight is 425 g/mol. The van der Waals surface area contributed by atoms with Gasteiger partial charge in [-0.25, -0.2) is 8.42 Å². The molecule has 0 spiro atoms. The van der Waals surface area contributed by atoms with Gasteiger partial charge in [0, 0.05) is 36.9 Å². The standard InChI is InChI=1S/C19H18Cl2N2O3S/c20-16-5-7-17(8-6-16)22-10-12-23(13-11-22)27(25,26)18-3-1-2-15(14-18)4-9-19(21)24/h1-9,14H,10-13H2. The zero-order valence-corrected chi connectivity index (χ0v) is 16.7. The summed E-state index contributed by atoms with van der Waals surface area (Å²) >= 11 is 11.2. The number of carbonyl (C=O) groups excluding carboxylic acids is 1. The Morgan fingerprint density at radius 2 is 1.67 bits per heavy atom. The van der Waals surface area contributed by atoms with Crippen LogP contribution in [-0.4, -0.2) is 44.1 Å². The Kier molecular flexibility index (Phi) is 6.22. The maximum absolute atomic E-state index is 12.9. The van der Waals surface area contributed by atoms with E-state index in [0.717, 1.165) is 5.69 Å². The van der Waals surface area contributed by atoms with Gasteiger partial charge < -0.3 is 4.90 Å². The van der Waals surface area contributed by atoms with Gasteiger partial charge in [0.25, 0.3) is 0 Å². The molecule has 2 aromatic carbocycles. The lowest BCUT2D eigenvalue weighted by Gasteiger charge is -2.35. The van der Waals surface area contributed by atoms with Gasteiger partial charge in [-0.2, -0.15) is 4.31 Å². The molecule has 142 valence electrons. The van der Waals surface area contributed by atoms with Crippen LogP contribution in [0.1, 0.15) is 5.56 Å². The Hall–Kier alpha value is -1.86. The first-order valence-corrected chi connectivity index (χ1v) is 10.5. The highest BCUT2D eigenvalue weighted by Gasteiger charge is 2.28. The molecule has 8 heteroatoms. The summed E-state index contributed by atoms with van der Waals surface area (Å²) in [6.07, 6.45) is 2.69. The van der Waals surface area contributed by atoms with Crippen LogP contribution in [0.3, 0.4) is 0 Å². The molecule has 0 atom stereocenters. The summed E-state index contributed by atoms with van der Waals surface area (Å²) in [5.41, 5.74) is 1.62. The van der Waals surface area contributed by atoms with E-state index in [9.17, 15) is 13.2 Å². The number of allylic oxidation sites excluding steroid dienone is 1. The smallest absolute Gasteiger partial charge is 0.245 e. The van der Waals surface area contributed by atoms with Gasteiger partial charge in [-0.15, -0.1) is 0 Å². The third-order valence-electron chi connectivity index (χ3n) is 4.33. The molecule has 0 amide bonds. The lowest BCUT2D eigenvalue weighted by atomic mass is 10.2. The van der Waals surface area contributed by atoms with Gasteiger partial charge in [0.05, 0.1) is 4.90 Å². The topological polar surface area (TPSA) is 57.7 Å². The van der Waals surface area contributed by atoms with E-state index in [1.807, 2.05) is 24.3 Å². The number of nitrogens with zero attached hydrogens (tertiary/aromatic N) is 2. The number of halogens is 2. The van der Waals surface area contributed by atoms with Crippen molar-refractivity contribution in [1.29, 1.82) is 0 Å². The van der Waals surface area contributed by atoms with Crippen LogP contribution < -0.4 is 4.90 Å². The van der Waals surface area contributed by atoms with Crippen molar-refractivity contribution >= 4 is 50.2 Å². The summed E-state index contributed by atoms with van der Waals surface area (Å²) in [6, 6.07) is 14.0. The fourth-order valence-corrected chi connectivity index (χ4v) is 4.59. The number of benzene rings is 2. The minimum absolute atomic E-state index is 0.201. The van der Waals surface area contributed by atoms with E-state index in [1.54, 1.807) is 18.2 Å². The molecule has 1 fully saturated rings. The van der Waals surface area contributed by atoms with Crippen molar-refractivity contribution in [3.63, 3.8) is 0 Å². The first kappa shape index (κ1) is 19.9. The maximum Gasteiger partial charge on any atom is 0.245 e. The summed E-state index contributed by atoms with van der Waals surface area (Å²) in [5.74, 6) is 0. The zero-order chi connectivity index (χ0) is 19.4. The molecule has 2 aromatic rings. The van der Waals surface area contributed by atoms with E-state index in [1.165, 1.54) is 22.5 Å².